The number of thioether (sulfide) groups is 1. The van der Waals surface area contributed by atoms with Crippen molar-refractivity contribution >= 4 is 80.9 Å². The van der Waals surface area contributed by atoms with Crippen molar-refractivity contribution in [2.75, 3.05) is 37.8 Å². The number of ketones is 1. The number of rotatable bonds is 34. The quantitative estimate of drug-likeness (QED) is 0.0273. The van der Waals surface area contributed by atoms with E-state index >= 15 is 0 Å². The lowest BCUT2D eigenvalue weighted by molar-refractivity contribution is -0.137. The van der Waals surface area contributed by atoms with Crippen molar-refractivity contribution in [2.45, 2.75) is 134 Å². The number of phosphoric acid groups is 3. The Morgan fingerprint density at radius 3 is 2.09 bits per heavy atom. The number of aromatic nitrogens is 4. The number of carboxylic acid groups (broad SMARTS) is 1. The molecule has 2 aromatic heterocycles. The van der Waals surface area contributed by atoms with E-state index in [4.69, 9.17) is 24.6 Å². The molecular weight excluding hydrogens is 987 g/mol. The maximum atomic E-state index is 12.7. The third kappa shape index (κ3) is 21.4. The molecule has 1 aliphatic heterocycles. The number of fused-ring (bicyclic) bond motifs is 1. The van der Waals surface area contributed by atoms with Gasteiger partial charge in [0.1, 0.15) is 42.0 Å². The lowest BCUT2D eigenvalue weighted by Crippen LogP contribution is -2.46. The van der Waals surface area contributed by atoms with Gasteiger partial charge in [-0.25, -0.2) is 28.6 Å². The number of aliphatic hydroxyl groups excluding tert-OH is 2. The predicted octanol–water partition coefficient (Wildman–Crippen LogP) is 2.39. The zero-order chi connectivity index (χ0) is 50.7. The third-order valence-electron chi connectivity index (χ3n) is 10.2. The molecule has 0 radical (unpaired) electrons. The van der Waals surface area contributed by atoms with E-state index < -0.39 is 90.5 Å². The number of unbranched alkanes of at least 4 members (excludes halogenated alkanes) is 9. The van der Waals surface area contributed by atoms with Crippen LogP contribution >= 0.6 is 35.2 Å². The number of hydrogen-bond donors (Lipinski definition) is 10. The molecule has 2 aromatic rings. The van der Waals surface area contributed by atoms with E-state index in [2.05, 4.69) is 34.4 Å². The number of amides is 2. The predicted molar refractivity (Wildman–Crippen MR) is 240 cm³/mol. The van der Waals surface area contributed by atoms with Gasteiger partial charge in [-0.3, -0.25) is 42.1 Å². The molecule has 68 heavy (non-hydrogen) atoms. The largest absolute Gasteiger partial charge is 0.481 e. The van der Waals surface area contributed by atoms with Crippen molar-refractivity contribution in [3.05, 3.63) is 12.7 Å². The number of hydrogen-bond acceptors (Lipinski definition) is 20. The zero-order valence-electron chi connectivity index (χ0n) is 37.5. The second-order valence-electron chi connectivity index (χ2n) is 16.4. The highest BCUT2D eigenvalue weighted by Gasteiger charge is 2.50. The first-order chi connectivity index (χ1) is 31.8. The van der Waals surface area contributed by atoms with E-state index in [0.717, 1.165) is 80.4 Å². The summed E-state index contributed by atoms with van der Waals surface area (Å²) < 4.78 is 62.3. The van der Waals surface area contributed by atoms with Crippen molar-refractivity contribution in [1.82, 2.24) is 30.2 Å². The zero-order valence-corrected chi connectivity index (χ0v) is 41.0. The van der Waals surface area contributed by atoms with Gasteiger partial charge in [0.2, 0.25) is 11.8 Å². The molecule has 27 nitrogen and oxygen atoms in total. The number of carboxylic acids is 1. The van der Waals surface area contributed by atoms with Crippen molar-refractivity contribution in [3.8, 4) is 0 Å². The van der Waals surface area contributed by atoms with Crippen molar-refractivity contribution in [1.29, 1.82) is 0 Å². The Kier molecular flexibility index (Phi) is 24.2. The van der Waals surface area contributed by atoms with Crippen LogP contribution in [0, 0.1) is 5.41 Å². The molecule has 1 aliphatic rings. The van der Waals surface area contributed by atoms with Gasteiger partial charge in [0.25, 0.3) is 0 Å². The smallest absolute Gasteiger partial charge is 0.481 e. The molecule has 386 valence electrons. The highest BCUT2D eigenvalue weighted by Crippen LogP contribution is 2.61. The molecular formula is C37H62N7O20P3S. The highest BCUT2D eigenvalue weighted by molar-refractivity contribution is 8.13. The molecule has 0 spiro atoms. The normalized spacial score (nSPS) is 19.8. The van der Waals surface area contributed by atoms with Gasteiger partial charge >= 0.3 is 29.4 Å². The summed E-state index contributed by atoms with van der Waals surface area (Å²) in [4.78, 5) is 111. The highest BCUT2D eigenvalue weighted by atomic mass is 32.2. The minimum Gasteiger partial charge on any atom is -0.481 e. The van der Waals surface area contributed by atoms with Crippen molar-refractivity contribution in [2.24, 2.45) is 5.41 Å². The summed E-state index contributed by atoms with van der Waals surface area (Å²) >= 11 is 0.910. The van der Waals surface area contributed by atoms with Crippen LogP contribution in [0.2, 0.25) is 0 Å². The Labute approximate surface area is 395 Å². The van der Waals surface area contributed by atoms with Gasteiger partial charge in [0, 0.05) is 43.5 Å². The summed E-state index contributed by atoms with van der Waals surface area (Å²) in [5, 5.41) is 34.8. The third-order valence-corrected chi connectivity index (χ3v) is 14.2. The molecule has 2 amide bonds. The fraction of sp³-hybridized carbons (Fsp3) is 0.730. The van der Waals surface area contributed by atoms with Crippen LogP contribution in [-0.2, 0) is 60.3 Å². The molecule has 0 saturated carbocycles. The number of phosphoric ester groups is 3. The van der Waals surface area contributed by atoms with E-state index in [1.807, 2.05) is 0 Å². The molecule has 7 atom stereocenters. The van der Waals surface area contributed by atoms with Crippen LogP contribution in [0.3, 0.4) is 0 Å². The Morgan fingerprint density at radius 2 is 1.47 bits per heavy atom. The van der Waals surface area contributed by atoms with Gasteiger partial charge in [0.05, 0.1) is 26.0 Å². The molecule has 31 heteroatoms. The number of ether oxygens (including phenoxy) is 1. The number of imidazole rings is 1. The molecule has 0 bridgehead atoms. The second kappa shape index (κ2) is 27.9. The Bertz CT molecular complexity index is 2150. The van der Waals surface area contributed by atoms with E-state index in [9.17, 15) is 67.5 Å². The van der Waals surface area contributed by atoms with Crippen molar-refractivity contribution < 1.29 is 95.2 Å². The molecule has 0 aromatic carbocycles. The first kappa shape index (κ1) is 59.0. The number of carbonyl (C=O) groups excluding carboxylic acids is 4. The Hall–Kier alpha value is -3.30. The lowest BCUT2D eigenvalue weighted by Gasteiger charge is -2.30. The van der Waals surface area contributed by atoms with Crippen LogP contribution in [0.25, 0.3) is 11.2 Å². The minimum absolute atomic E-state index is 0.0204. The number of Topliss-reactive ketones (excluding diaryl/α,β-unsaturated/α-hetero) is 1. The van der Waals surface area contributed by atoms with Gasteiger partial charge in [-0.15, -0.1) is 0 Å². The van der Waals surface area contributed by atoms with E-state index in [0.29, 0.717) is 19.3 Å². The summed E-state index contributed by atoms with van der Waals surface area (Å²) in [6.07, 6.45) is 2.83. The molecule has 0 aliphatic carbocycles. The Balaban J connectivity index is 1.31. The molecule has 1 saturated heterocycles. The number of aliphatic carboxylic acids is 1. The standard InChI is InChI=1S/C37H62N7O20P3S/c1-37(2,32(51)35(52)40-16-15-26(46)39-17-18-68-28(49)19-24(45)13-11-9-7-5-3-4-6-8-10-12-14-27(47)48)21-61-67(58,59)64-66(56,57)60-20-25-31(63-65(53,54)55)30(50)36(62-25)44-23-43-29-33(38)41-22-42-34(29)44/h22-23,25,30-32,36,50-51H,3-21H2,1-2H3,(H,39,46)(H,40,52)(H,47,48)(H,56,57)(H,58,59)(H2,38,41,42)(H2,53,54,55)/t25-,30-,31-,32+,36-/m1/s1. The van der Waals surface area contributed by atoms with E-state index in [1.165, 1.54) is 13.8 Å². The number of nitrogens with two attached hydrogens (primary N) is 1. The number of nitrogen functional groups attached to an aromatic ring is 1. The van der Waals surface area contributed by atoms with Crippen LogP contribution in [0.15, 0.2) is 12.7 Å². The maximum Gasteiger partial charge on any atom is 0.481 e. The SMILES string of the molecule is CC(C)(COP(=O)(O)OP(=O)(O)OC[C@H]1O[C@@H](n2cnc3c(N)ncnc32)[C@H](O)[C@@H]1OP(=O)(O)O)[C@@H](O)C(=O)NCCC(=O)NCCSC(=O)CC(=O)CCCCCCCCCCCCC(=O)O. The summed E-state index contributed by atoms with van der Waals surface area (Å²) in [5.41, 5.74) is 4.22. The number of carbonyl (C=O) groups is 5. The number of aliphatic hydroxyl groups is 2. The molecule has 11 N–H and O–H groups in total. The summed E-state index contributed by atoms with van der Waals surface area (Å²) in [5.74, 6) is -2.26. The molecule has 3 heterocycles. The monoisotopic (exact) mass is 1050 g/mol. The van der Waals surface area contributed by atoms with Crippen LogP contribution in [0.5, 0.6) is 0 Å². The number of nitrogens with zero attached hydrogens (tertiary/aromatic N) is 4. The number of nitrogens with one attached hydrogen (secondary N) is 2. The summed E-state index contributed by atoms with van der Waals surface area (Å²) in [6, 6.07) is 0. The van der Waals surface area contributed by atoms with Crippen molar-refractivity contribution in [3.63, 3.8) is 0 Å². The average molecular weight is 1050 g/mol. The van der Waals surface area contributed by atoms with Gasteiger partial charge in [-0.2, -0.15) is 4.31 Å². The van der Waals surface area contributed by atoms with Gasteiger partial charge in [-0.05, 0) is 12.8 Å². The first-order valence-electron chi connectivity index (χ1n) is 21.6. The van der Waals surface area contributed by atoms with Gasteiger partial charge < -0.3 is 56.0 Å². The minimum atomic E-state index is -5.60. The van der Waals surface area contributed by atoms with Crippen LogP contribution < -0.4 is 16.4 Å². The molecule has 3 rings (SSSR count). The maximum absolute atomic E-state index is 12.7. The van der Waals surface area contributed by atoms with Gasteiger partial charge in [0.15, 0.2) is 22.8 Å². The lowest BCUT2D eigenvalue weighted by atomic mass is 9.87. The van der Waals surface area contributed by atoms with E-state index in [-0.39, 0.29) is 66.0 Å². The summed E-state index contributed by atoms with van der Waals surface area (Å²) in [7, 11) is -16.5. The Morgan fingerprint density at radius 1 is 0.868 bits per heavy atom. The summed E-state index contributed by atoms with van der Waals surface area (Å²) in [6.45, 7) is 0.263. The van der Waals surface area contributed by atoms with Crippen LogP contribution in [-0.4, -0.2) is 140 Å². The fourth-order valence-electron chi connectivity index (χ4n) is 6.61. The first-order valence-corrected chi connectivity index (χ1v) is 27.1. The topological polar surface area (TPSA) is 418 Å². The van der Waals surface area contributed by atoms with Crippen LogP contribution in [0.1, 0.15) is 110 Å². The van der Waals surface area contributed by atoms with Gasteiger partial charge in [-0.1, -0.05) is 77.0 Å². The number of anilines is 1. The average Bonchev–Trinajstić information content (AvgIpc) is 3.80. The fourth-order valence-corrected chi connectivity index (χ4v) is 10.1. The molecule has 1 fully saturated rings. The molecule has 2 unspecified atom stereocenters. The van der Waals surface area contributed by atoms with E-state index in [1.54, 1.807) is 0 Å². The van der Waals surface area contributed by atoms with Crippen LogP contribution in [0.4, 0.5) is 5.82 Å². The second-order valence-corrected chi connectivity index (χ2v) is 21.8.